The molecule has 2 aliphatic rings. The van der Waals surface area contributed by atoms with Gasteiger partial charge in [-0.25, -0.2) is 18.0 Å². The fourth-order valence-electron chi connectivity index (χ4n) is 6.06. The molecule has 4 amide bonds. The standard InChI is InChI=1S/C34H49N5O10S/c1-34(2,15-7-16-36-32(42)37-19-30(35)41)22-39(50(44,45)25-12-10-24(46-3)11-13-25)20-28(40)27(18-23-8-5-4-6-9-23)38-33(43)49-29-21-48-31-26(29)14-17-47-31/h4-6,8-13,26-29,31,40H,7,14-22H2,1-3H3,(H2,35,41)(H,38,43)(H2,36,37,42)/t26-,27+,28+,29-,31+/m1/s1. The fraction of sp³-hybridized carbons (Fsp3) is 0.559. The first-order valence-electron chi connectivity index (χ1n) is 16.6. The van der Waals surface area contributed by atoms with Crippen LogP contribution in [-0.2, 0) is 35.4 Å². The first kappa shape index (κ1) is 38.8. The average Bonchev–Trinajstić information content (AvgIpc) is 3.71. The summed E-state index contributed by atoms with van der Waals surface area (Å²) in [5.74, 6) is -0.261. The monoisotopic (exact) mass is 719 g/mol. The normalized spacial score (nSPS) is 20.1. The van der Waals surface area contributed by atoms with Gasteiger partial charge in [0, 0.05) is 19.6 Å². The Morgan fingerprint density at radius 1 is 1.08 bits per heavy atom. The SMILES string of the molecule is COc1ccc(S(=O)(=O)N(C[C@H](O)[C@H](Cc2ccccc2)NC(=O)O[C@@H]2CO[C@@H]3OCC[C@@H]32)CC(C)(C)CCCNC(=O)NCC(N)=O)cc1. The predicted octanol–water partition coefficient (Wildman–Crippen LogP) is 1.74. The lowest BCUT2D eigenvalue weighted by Gasteiger charge is -2.35. The molecule has 2 aromatic rings. The van der Waals surface area contributed by atoms with Gasteiger partial charge >= 0.3 is 12.1 Å². The van der Waals surface area contributed by atoms with E-state index in [4.69, 9.17) is 24.7 Å². The fourth-order valence-corrected chi connectivity index (χ4v) is 7.70. The highest BCUT2D eigenvalue weighted by Gasteiger charge is 2.44. The van der Waals surface area contributed by atoms with Gasteiger partial charge in [-0.15, -0.1) is 0 Å². The van der Waals surface area contributed by atoms with Crippen LogP contribution in [0.3, 0.4) is 0 Å². The van der Waals surface area contributed by atoms with Crippen molar-refractivity contribution in [3.63, 3.8) is 0 Å². The number of amides is 4. The molecule has 4 rings (SSSR count). The van der Waals surface area contributed by atoms with E-state index in [-0.39, 0.29) is 50.0 Å². The van der Waals surface area contributed by atoms with Crippen LogP contribution in [0.4, 0.5) is 9.59 Å². The summed E-state index contributed by atoms with van der Waals surface area (Å²) >= 11 is 0. The van der Waals surface area contributed by atoms with Gasteiger partial charge in [-0.05, 0) is 60.9 Å². The van der Waals surface area contributed by atoms with Crippen molar-refractivity contribution in [3.8, 4) is 5.75 Å². The number of aliphatic hydroxyl groups excluding tert-OH is 1. The molecule has 2 fully saturated rings. The number of benzene rings is 2. The van der Waals surface area contributed by atoms with E-state index in [0.717, 1.165) is 5.56 Å². The maximum Gasteiger partial charge on any atom is 0.407 e. The Morgan fingerprint density at radius 3 is 2.48 bits per heavy atom. The number of nitrogens with zero attached hydrogens (tertiary/aromatic N) is 1. The van der Waals surface area contributed by atoms with Gasteiger partial charge in [0.15, 0.2) is 6.29 Å². The van der Waals surface area contributed by atoms with Crippen LogP contribution >= 0.6 is 0 Å². The number of primary amides is 1. The third-order valence-corrected chi connectivity index (χ3v) is 10.6. The Balaban J connectivity index is 1.50. The summed E-state index contributed by atoms with van der Waals surface area (Å²) in [6, 6.07) is 13.8. The number of nitrogens with one attached hydrogen (secondary N) is 3. The molecule has 0 aromatic heterocycles. The summed E-state index contributed by atoms with van der Waals surface area (Å²) in [4.78, 5) is 36.1. The Kier molecular flexibility index (Phi) is 13.8. The summed E-state index contributed by atoms with van der Waals surface area (Å²) in [7, 11) is -2.68. The minimum atomic E-state index is -4.16. The highest BCUT2D eigenvalue weighted by Crippen LogP contribution is 2.33. The van der Waals surface area contributed by atoms with Crippen LogP contribution in [0.5, 0.6) is 5.75 Å². The number of alkyl carbamates (subject to hydrolysis) is 1. The van der Waals surface area contributed by atoms with Gasteiger partial charge in [0.05, 0.1) is 49.8 Å². The van der Waals surface area contributed by atoms with Gasteiger partial charge in [0.25, 0.3) is 0 Å². The maximum atomic E-state index is 14.2. The molecule has 15 nitrogen and oxygen atoms in total. The van der Waals surface area contributed by atoms with Crippen LogP contribution in [0.25, 0.3) is 0 Å². The zero-order chi connectivity index (χ0) is 36.3. The van der Waals surface area contributed by atoms with Crippen molar-refractivity contribution in [2.75, 3.05) is 46.5 Å². The molecule has 5 atom stereocenters. The van der Waals surface area contributed by atoms with Gasteiger partial charge in [0.1, 0.15) is 11.9 Å². The van der Waals surface area contributed by atoms with Crippen molar-refractivity contribution in [1.82, 2.24) is 20.3 Å². The second kappa shape index (κ2) is 17.8. The molecule has 0 spiro atoms. The number of fused-ring (bicyclic) bond motifs is 1. The van der Waals surface area contributed by atoms with Crippen molar-refractivity contribution >= 4 is 28.1 Å². The molecule has 0 aliphatic carbocycles. The van der Waals surface area contributed by atoms with E-state index in [9.17, 15) is 27.9 Å². The second-order valence-corrected chi connectivity index (χ2v) is 15.2. The molecule has 0 saturated carbocycles. The van der Waals surface area contributed by atoms with Gasteiger partial charge in [-0.1, -0.05) is 44.2 Å². The largest absolute Gasteiger partial charge is 0.497 e. The molecule has 2 saturated heterocycles. The summed E-state index contributed by atoms with van der Waals surface area (Å²) in [6.45, 7) is 4.15. The molecule has 2 heterocycles. The van der Waals surface area contributed by atoms with E-state index >= 15 is 0 Å². The van der Waals surface area contributed by atoms with Crippen molar-refractivity contribution < 1.29 is 46.9 Å². The highest BCUT2D eigenvalue weighted by atomic mass is 32.2. The van der Waals surface area contributed by atoms with Gasteiger partial charge in [-0.2, -0.15) is 4.31 Å². The summed E-state index contributed by atoms with van der Waals surface area (Å²) in [6.07, 6.45) is -1.10. The Bertz CT molecular complexity index is 1530. The molecule has 0 bridgehead atoms. The molecule has 6 N–H and O–H groups in total. The van der Waals surface area contributed by atoms with Gasteiger partial charge < -0.3 is 45.7 Å². The van der Waals surface area contributed by atoms with Gasteiger partial charge in [0.2, 0.25) is 15.9 Å². The third-order valence-electron chi connectivity index (χ3n) is 8.74. The molecule has 2 aromatic carbocycles. The molecular formula is C34H49N5O10S. The third kappa shape index (κ3) is 11.3. The van der Waals surface area contributed by atoms with Crippen molar-refractivity contribution in [2.24, 2.45) is 17.1 Å². The number of hydrogen-bond donors (Lipinski definition) is 5. The van der Waals surface area contributed by atoms with E-state index in [1.165, 1.54) is 23.5 Å². The van der Waals surface area contributed by atoms with E-state index < -0.39 is 58.0 Å². The lowest BCUT2D eigenvalue weighted by Crippen LogP contribution is -2.52. The lowest BCUT2D eigenvalue weighted by molar-refractivity contribution is -0.117. The summed E-state index contributed by atoms with van der Waals surface area (Å²) in [5.41, 5.74) is 5.27. The van der Waals surface area contributed by atoms with Crippen LogP contribution in [0.1, 0.15) is 38.7 Å². The van der Waals surface area contributed by atoms with Gasteiger partial charge in [-0.3, -0.25) is 4.79 Å². The number of ether oxygens (including phenoxy) is 4. The lowest BCUT2D eigenvalue weighted by atomic mass is 9.87. The van der Waals surface area contributed by atoms with Crippen LogP contribution in [0, 0.1) is 11.3 Å². The van der Waals surface area contributed by atoms with E-state index in [1.54, 1.807) is 12.1 Å². The molecule has 0 unspecified atom stereocenters. The first-order valence-corrected chi connectivity index (χ1v) is 18.1. The smallest absolute Gasteiger partial charge is 0.407 e. The molecule has 0 radical (unpaired) electrons. The van der Waals surface area contributed by atoms with Crippen LogP contribution in [-0.4, -0.2) is 107 Å². The Hall–Kier alpha value is -3.96. The minimum absolute atomic E-state index is 0.00985. The average molecular weight is 720 g/mol. The number of carbonyl (C=O) groups is 3. The zero-order valence-corrected chi connectivity index (χ0v) is 29.5. The van der Waals surface area contributed by atoms with Crippen molar-refractivity contribution in [1.29, 1.82) is 0 Å². The number of urea groups is 1. The van der Waals surface area contributed by atoms with E-state index in [0.29, 0.717) is 31.6 Å². The Labute approximate surface area is 293 Å². The highest BCUT2D eigenvalue weighted by molar-refractivity contribution is 7.89. The molecule has 16 heteroatoms. The Morgan fingerprint density at radius 2 is 1.80 bits per heavy atom. The number of aliphatic hydroxyl groups is 1. The molecule has 2 aliphatic heterocycles. The number of carbonyl (C=O) groups excluding carboxylic acids is 3. The van der Waals surface area contributed by atoms with Crippen molar-refractivity contribution in [3.05, 3.63) is 60.2 Å². The summed E-state index contributed by atoms with van der Waals surface area (Å²) < 4.78 is 51.6. The van der Waals surface area contributed by atoms with Crippen LogP contribution < -0.4 is 26.4 Å². The van der Waals surface area contributed by atoms with E-state index in [1.807, 2.05) is 44.2 Å². The number of nitrogens with two attached hydrogens (primary N) is 1. The molecule has 276 valence electrons. The quantitative estimate of drug-likeness (QED) is 0.141. The van der Waals surface area contributed by atoms with Crippen LogP contribution in [0.15, 0.2) is 59.5 Å². The maximum absolute atomic E-state index is 14.2. The second-order valence-electron chi connectivity index (χ2n) is 13.3. The minimum Gasteiger partial charge on any atom is -0.497 e. The zero-order valence-electron chi connectivity index (χ0n) is 28.7. The number of hydrogen-bond acceptors (Lipinski definition) is 10. The number of sulfonamides is 1. The first-order chi connectivity index (χ1) is 23.8. The van der Waals surface area contributed by atoms with E-state index in [2.05, 4.69) is 16.0 Å². The van der Waals surface area contributed by atoms with Crippen molar-refractivity contribution in [2.45, 2.75) is 69.0 Å². The predicted molar refractivity (Wildman–Crippen MR) is 183 cm³/mol. The molecular weight excluding hydrogens is 670 g/mol. The topological polar surface area (TPSA) is 208 Å². The van der Waals surface area contributed by atoms with Crippen LogP contribution in [0.2, 0.25) is 0 Å². The summed E-state index contributed by atoms with van der Waals surface area (Å²) in [5, 5.41) is 19.5. The molecule has 50 heavy (non-hydrogen) atoms. The number of methoxy groups -OCH3 is 1. The number of rotatable bonds is 18.